The average Bonchev–Trinajstić information content (AvgIpc) is 2.64. The van der Waals surface area contributed by atoms with Gasteiger partial charge < -0.3 is 13.8 Å². The molecule has 9 nitrogen and oxygen atoms in total. The predicted molar refractivity (Wildman–Crippen MR) is 94.7 cm³/mol. The van der Waals surface area contributed by atoms with Crippen molar-refractivity contribution in [2.45, 2.75) is 12.6 Å². The van der Waals surface area contributed by atoms with E-state index in [9.17, 15) is 31.7 Å². The highest BCUT2D eigenvalue weighted by molar-refractivity contribution is 7.87. The second-order valence-corrected chi connectivity index (χ2v) is 7.31. The molecular formula is C17H13F3N2O7S. The van der Waals surface area contributed by atoms with Crippen LogP contribution in [-0.4, -0.2) is 25.9 Å². The molecule has 30 heavy (non-hydrogen) atoms. The Bertz CT molecular complexity index is 1070. The van der Waals surface area contributed by atoms with Crippen LogP contribution in [0.5, 0.6) is 17.2 Å². The van der Waals surface area contributed by atoms with Crippen molar-refractivity contribution in [1.82, 2.24) is 0 Å². The molecule has 0 unspecified atom stereocenters. The average molecular weight is 446 g/mol. The topological polar surface area (TPSA) is 129 Å². The number of nitrogens with zero attached hydrogens (tertiary/aromatic N) is 2. The summed E-state index contributed by atoms with van der Waals surface area (Å²) >= 11 is 0. The van der Waals surface area contributed by atoms with E-state index < -0.39 is 44.9 Å². The third kappa shape index (κ3) is 6.52. The summed E-state index contributed by atoms with van der Waals surface area (Å²) in [5.41, 5.74) is -1.90. The summed E-state index contributed by atoms with van der Waals surface area (Å²) in [7, 11) is -4.12. The minimum atomic E-state index is -4.76. The fraction of sp³-hybridized carbons (Fsp3) is 0.235. The van der Waals surface area contributed by atoms with Gasteiger partial charge in [-0.15, -0.1) is 10.1 Å². The van der Waals surface area contributed by atoms with Gasteiger partial charge in [0.2, 0.25) is 0 Å². The molecule has 0 spiro atoms. The number of alkyl halides is 3. The van der Waals surface area contributed by atoms with Gasteiger partial charge in [-0.25, -0.2) is 0 Å². The summed E-state index contributed by atoms with van der Waals surface area (Å²) in [4.78, 5) is 14.0. The van der Waals surface area contributed by atoms with Gasteiger partial charge in [0.05, 0.1) is 17.9 Å². The Balaban J connectivity index is 2.15. The minimum Gasteiger partial charge on any atom is -0.456 e. The van der Waals surface area contributed by atoms with Gasteiger partial charge in [-0.2, -0.15) is 26.9 Å². The summed E-state index contributed by atoms with van der Waals surface area (Å²) in [6, 6.07) is 9.43. The van der Waals surface area contributed by atoms with Crippen molar-refractivity contribution >= 4 is 10.1 Å². The molecular weight excluding hydrogens is 433 g/mol. The highest BCUT2D eigenvalue weighted by atomic mass is 32.2. The van der Waals surface area contributed by atoms with E-state index in [4.69, 9.17) is 14.2 Å². The molecule has 0 aliphatic carbocycles. The van der Waals surface area contributed by atoms with Gasteiger partial charge in [0.15, 0.2) is 0 Å². The molecule has 0 saturated carbocycles. The molecule has 0 atom stereocenters. The molecule has 2 aromatic rings. The molecule has 0 radical (unpaired) electrons. The molecule has 0 amide bonds. The van der Waals surface area contributed by atoms with E-state index in [0.717, 1.165) is 24.3 Å². The van der Waals surface area contributed by atoms with E-state index in [1.54, 1.807) is 0 Å². The Morgan fingerprint density at radius 2 is 1.80 bits per heavy atom. The zero-order chi connectivity index (χ0) is 22.4. The molecule has 13 heteroatoms. The van der Waals surface area contributed by atoms with Crippen LogP contribution in [0.1, 0.15) is 17.5 Å². The molecule has 0 heterocycles. The summed E-state index contributed by atoms with van der Waals surface area (Å²) in [6.07, 6.45) is -4.96. The van der Waals surface area contributed by atoms with Crippen molar-refractivity contribution in [2.24, 2.45) is 0 Å². The summed E-state index contributed by atoms with van der Waals surface area (Å²) in [5, 5.41) is 18.1. The van der Waals surface area contributed by atoms with E-state index in [1.807, 2.05) is 0 Å². The maximum atomic E-state index is 13.0. The Kier molecular flexibility index (Phi) is 7.06. The lowest BCUT2D eigenvalue weighted by Gasteiger charge is -2.13. The van der Waals surface area contributed by atoms with Crippen molar-refractivity contribution in [2.75, 3.05) is 12.4 Å². The van der Waals surface area contributed by atoms with Gasteiger partial charge in [0.1, 0.15) is 28.9 Å². The first kappa shape index (κ1) is 22.8. The van der Waals surface area contributed by atoms with Crippen molar-refractivity contribution in [3.05, 3.63) is 63.7 Å². The van der Waals surface area contributed by atoms with Gasteiger partial charge in [0, 0.05) is 6.07 Å². The van der Waals surface area contributed by atoms with Gasteiger partial charge in [0.25, 0.3) is 5.09 Å². The lowest BCUT2D eigenvalue weighted by molar-refractivity contribution is -0.757. The van der Waals surface area contributed by atoms with Crippen LogP contribution >= 0.6 is 0 Å². The Labute approximate surface area is 168 Å². The van der Waals surface area contributed by atoms with E-state index in [0.29, 0.717) is 0 Å². The van der Waals surface area contributed by atoms with Gasteiger partial charge in [-0.3, -0.25) is 0 Å². The highest BCUT2D eigenvalue weighted by Gasteiger charge is 2.35. The van der Waals surface area contributed by atoms with Crippen LogP contribution in [0.15, 0.2) is 42.5 Å². The van der Waals surface area contributed by atoms with Crippen LogP contribution in [0, 0.1) is 21.4 Å². The molecule has 0 N–H and O–H groups in total. The molecule has 0 fully saturated rings. The van der Waals surface area contributed by atoms with Crippen molar-refractivity contribution < 1.29 is 40.4 Å². The number of ether oxygens (including phenoxy) is 1. The van der Waals surface area contributed by atoms with Crippen molar-refractivity contribution in [1.29, 1.82) is 5.26 Å². The van der Waals surface area contributed by atoms with Crippen LogP contribution in [-0.2, 0) is 21.1 Å². The van der Waals surface area contributed by atoms with Crippen molar-refractivity contribution in [3.8, 4) is 23.3 Å². The highest BCUT2D eigenvalue weighted by Crippen LogP contribution is 2.37. The molecule has 0 aliphatic heterocycles. The Morgan fingerprint density at radius 3 is 2.43 bits per heavy atom. The zero-order valence-electron chi connectivity index (χ0n) is 15.0. The molecule has 2 rings (SSSR count). The maximum absolute atomic E-state index is 13.0. The number of rotatable bonds is 9. The zero-order valence-corrected chi connectivity index (χ0v) is 15.8. The summed E-state index contributed by atoms with van der Waals surface area (Å²) in [6.45, 7) is -0.439. The lowest BCUT2D eigenvalue weighted by atomic mass is 10.1. The molecule has 2 aromatic carbocycles. The largest absolute Gasteiger partial charge is 0.456 e. The van der Waals surface area contributed by atoms with E-state index in [-0.39, 0.29) is 23.7 Å². The van der Waals surface area contributed by atoms with Gasteiger partial charge in [-0.05, 0) is 30.7 Å². The number of nitriles is 1. The number of hydrogen-bond acceptors (Lipinski definition) is 8. The molecule has 0 saturated heterocycles. The van der Waals surface area contributed by atoms with E-state index in [1.165, 1.54) is 24.3 Å². The molecule has 0 bridgehead atoms. The van der Waals surface area contributed by atoms with E-state index in [2.05, 4.69) is 4.84 Å². The van der Waals surface area contributed by atoms with Crippen LogP contribution in [0.2, 0.25) is 0 Å². The fourth-order valence-electron chi connectivity index (χ4n) is 2.25. The van der Waals surface area contributed by atoms with Crippen LogP contribution in [0.3, 0.4) is 0 Å². The van der Waals surface area contributed by atoms with Gasteiger partial charge >= 0.3 is 16.3 Å². The Hall–Kier alpha value is -3.53. The lowest BCUT2D eigenvalue weighted by Crippen LogP contribution is -2.16. The van der Waals surface area contributed by atoms with Crippen LogP contribution in [0.4, 0.5) is 13.2 Å². The number of hydrogen-bond donors (Lipinski definition) is 0. The third-order valence-electron chi connectivity index (χ3n) is 3.44. The van der Waals surface area contributed by atoms with Gasteiger partial charge in [-0.1, -0.05) is 12.1 Å². The standard InChI is InChI=1S/C17H13F3N2O7S/c18-17(19,20)15-6-2-7-16(14(15)11-21)28-12-4-1-5-13(10-12)29-30(25,26)9-3-8-27-22(23)24/h1-2,4-7,10H,3,8-9H2. The fourth-order valence-corrected chi connectivity index (χ4v) is 3.20. The molecule has 0 aromatic heterocycles. The minimum absolute atomic E-state index is 0.0739. The maximum Gasteiger partial charge on any atom is 0.417 e. The van der Waals surface area contributed by atoms with E-state index >= 15 is 0 Å². The second kappa shape index (κ2) is 9.31. The second-order valence-electron chi connectivity index (χ2n) is 5.62. The third-order valence-corrected chi connectivity index (χ3v) is 4.67. The SMILES string of the molecule is N#Cc1c(Oc2cccc(OS(=O)(=O)CCCO[N+](=O)[O-])c2)cccc1C(F)(F)F. The molecule has 160 valence electrons. The smallest absolute Gasteiger partial charge is 0.417 e. The first-order chi connectivity index (χ1) is 14.0. The molecule has 0 aliphatic rings. The number of halogens is 3. The normalized spacial score (nSPS) is 11.4. The van der Waals surface area contributed by atoms with Crippen LogP contribution in [0.25, 0.3) is 0 Å². The summed E-state index contributed by atoms with van der Waals surface area (Å²) < 4.78 is 73.1. The first-order valence-electron chi connectivity index (χ1n) is 8.09. The Morgan fingerprint density at radius 1 is 1.13 bits per heavy atom. The predicted octanol–water partition coefficient (Wildman–Crippen LogP) is 3.68. The van der Waals surface area contributed by atoms with Crippen LogP contribution < -0.4 is 8.92 Å². The summed E-state index contributed by atoms with van der Waals surface area (Å²) in [5.74, 6) is -1.22. The monoisotopic (exact) mass is 446 g/mol. The van der Waals surface area contributed by atoms with Crippen molar-refractivity contribution in [3.63, 3.8) is 0 Å². The quantitative estimate of drug-likeness (QED) is 0.247. The number of benzene rings is 2. The first-order valence-corrected chi connectivity index (χ1v) is 9.67.